The predicted molar refractivity (Wildman–Crippen MR) is 115 cm³/mol. The minimum Gasteiger partial charge on any atom is -0.440 e. The third-order valence-electron chi connectivity index (χ3n) is 3.69. The summed E-state index contributed by atoms with van der Waals surface area (Å²) in [7, 11) is 0. The molecule has 3 aromatic carbocycles. The smallest absolute Gasteiger partial charge is 0.266 e. The van der Waals surface area contributed by atoms with E-state index in [9.17, 15) is 10.00 Å². The van der Waals surface area contributed by atoms with Crippen LogP contribution in [-0.4, -0.2) is 16.0 Å². The van der Waals surface area contributed by atoms with E-state index >= 15 is 0 Å². The lowest BCUT2D eigenvalue weighted by atomic mass is 10.0. The van der Waals surface area contributed by atoms with Crippen LogP contribution in [0.15, 0.2) is 91.0 Å². The first kappa shape index (κ1) is 21.3. The van der Waals surface area contributed by atoms with E-state index in [2.05, 4.69) is 0 Å². The topological polar surface area (TPSA) is 75.7 Å². The summed E-state index contributed by atoms with van der Waals surface area (Å²) in [6.07, 6.45) is -0.545. The van der Waals surface area contributed by atoms with Gasteiger partial charge in [0.15, 0.2) is 0 Å². The third-order valence-corrected chi connectivity index (χ3v) is 5.96. The molecule has 0 fully saturated rings. The maximum Gasteiger partial charge on any atom is 0.266 e. The lowest BCUT2D eigenvalue weighted by Crippen LogP contribution is -2.24. The molecular weight excluding hydrogens is 377 g/mol. The van der Waals surface area contributed by atoms with Gasteiger partial charge in [0.25, 0.3) is 6.49 Å². The van der Waals surface area contributed by atoms with Crippen molar-refractivity contribution in [3.63, 3.8) is 0 Å². The summed E-state index contributed by atoms with van der Waals surface area (Å²) in [5, 5.41) is 10.1. The molecule has 142 valence electrons. The van der Waals surface area contributed by atoms with E-state index in [1.54, 1.807) is 31.2 Å². The Kier molecular flexibility index (Phi) is 8.17. The molecule has 0 aliphatic heterocycles. The van der Waals surface area contributed by atoms with E-state index in [0.29, 0.717) is 11.1 Å². The van der Waals surface area contributed by atoms with Crippen LogP contribution < -0.4 is 15.6 Å². The molecule has 0 aliphatic rings. The normalized spacial score (nSPS) is 14.8. The highest BCUT2D eigenvalue weighted by Crippen LogP contribution is 2.41. The van der Waals surface area contributed by atoms with Crippen LogP contribution in [-0.2, 0) is 11.8 Å². The zero-order chi connectivity index (χ0) is 19.7. The molecule has 3 rings (SSSR count). The number of nitrogens with two attached hydrogens (primary N) is 1. The molecule has 4 N–H and O–H groups in total. The van der Waals surface area contributed by atoms with Gasteiger partial charge in [-0.2, -0.15) is 0 Å². The van der Waals surface area contributed by atoms with Crippen molar-refractivity contribution in [1.82, 2.24) is 0 Å². The van der Waals surface area contributed by atoms with Gasteiger partial charge in [0.2, 0.25) is 0 Å². The van der Waals surface area contributed by atoms with Crippen LogP contribution >= 0.6 is 6.49 Å². The minimum atomic E-state index is -2.93. The Morgan fingerprint density at radius 2 is 1.30 bits per heavy atom. The van der Waals surface area contributed by atoms with Crippen molar-refractivity contribution in [1.29, 1.82) is 0 Å². The Balaban J connectivity index is 0.000000208. The predicted octanol–water partition coefficient (Wildman–Crippen LogP) is 3.76. The second-order valence-corrected chi connectivity index (χ2v) is 9.20. The Morgan fingerprint density at radius 1 is 0.852 bits per heavy atom. The summed E-state index contributed by atoms with van der Waals surface area (Å²) in [4.78, 5) is 10.1. The SMILES string of the molecule is C[C@H](N)[C@H](O)c1ccccc1.OP(=S)(Oc1ccccc1)c1ccccc1. The Labute approximate surface area is 165 Å². The number of rotatable bonds is 5. The monoisotopic (exact) mass is 401 g/mol. The Morgan fingerprint density at radius 3 is 1.78 bits per heavy atom. The number of aliphatic hydroxyl groups excluding tert-OH is 1. The molecule has 27 heavy (non-hydrogen) atoms. The van der Waals surface area contributed by atoms with Crippen LogP contribution in [0, 0.1) is 0 Å². The van der Waals surface area contributed by atoms with Crippen LogP contribution in [0.2, 0.25) is 0 Å². The number of hydrogen-bond donors (Lipinski definition) is 3. The van der Waals surface area contributed by atoms with Gasteiger partial charge >= 0.3 is 0 Å². The zero-order valence-corrected chi connectivity index (χ0v) is 16.8. The first-order valence-corrected chi connectivity index (χ1v) is 11.2. The fourth-order valence-corrected chi connectivity index (χ4v) is 3.93. The maximum absolute atomic E-state index is 10.1. The average molecular weight is 401 g/mol. The van der Waals surface area contributed by atoms with Gasteiger partial charge in [-0.15, -0.1) is 0 Å². The van der Waals surface area contributed by atoms with Gasteiger partial charge in [0.05, 0.1) is 6.10 Å². The van der Waals surface area contributed by atoms with Gasteiger partial charge in [-0.3, -0.25) is 0 Å². The number of para-hydroxylation sites is 1. The second kappa shape index (κ2) is 10.4. The van der Waals surface area contributed by atoms with E-state index in [-0.39, 0.29) is 6.04 Å². The fraction of sp³-hybridized carbons (Fsp3) is 0.143. The highest BCUT2D eigenvalue weighted by atomic mass is 32.5. The molecule has 6 heteroatoms. The van der Waals surface area contributed by atoms with Crippen LogP contribution in [0.5, 0.6) is 5.75 Å². The summed E-state index contributed by atoms with van der Waals surface area (Å²) < 4.78 is 5.47. The number of benzene rings is 3. The summed E-state index contributed by atoms with van der Waals surface area (Å²) >= 11 is 5.14. The summed E-state index contributed by atoms with van der Waals surface area (Å²) in [5.41, 5.74) is 6.40. The quantitative estimate of drug-likeness (QED) is 0.568. The van der Waals surface area contributed by atoms with Crippen LogP contribution in [0.1, 0.15) is 18.6 Å². The molecule has 0 amide bonds. The van der Waals surface area contributed by atoms with Crippen molar-refractivity contribution < 1.29 is 14.5 Å². The van der Waals surface area contributed by atoms with Gasteiger partial charge in [0.1, 0.15) is 5.75 Å². The largest absolute Gasteiger partial charge is 0.440 e. The standard InChI is InChI=1S/C12H11O2PS.C9H13NO/c13-15(16,12-9-5-2-6-10-12)14-11-7-3-1-4-8-11;1-7(10)9(11)8-5-3-2-4-6-8/h1-10H,(H,13,16);2-7,9,11H,10H2,1H3/t;7-,9-/m.0/s1. The van der Waals surface area contributed by atoms with Crippen molar-refractivity contribution in [2.45, 2.75) is 19.1 Å². The van der Waals surface area contributed by atoms with E-state index in [0.717, 1.165) is 5.56 Å². The van der Waals surface area contributed by atoms with E-state index in [1.807, 2.05) is 66.7 Å². The Bertz CT molecular complexity index is 845. The van der Waals surface area contributed by atoms with E-state index in [4.69, 9.17) is 22.1 Å². The molecule has 0 aliphatic carbocycles. The minimum absolute atomic E-state index is 0.211. The molecule has 0 saturated heterocycles. The maximum atomic E-state index is 10.1. The van der Waals surface area contributed by atoms with E-state index < -0.39 is 12.6 Å². The molecule has 0 bridgehead atoms. The lowest BCUT2D eigenvalue weighted by Gasteiger charge is -2.16. The number of aliphatic hydroxyl groups is 1. The zero-order valence-electron chi connectivity index (χ0n) is 15.1. The van der Waals surface area contributed by atoms with Crippen molar-refractivity contribution in [2.24, 2.45) is 5.73 Å². The summed E-state index contributed by atoms with van der Waals surface area (Å²) in [5.74, 6) is 0.595. The molecular formula is C21H24NO3PS. The highest BCUT2D eigenvalue weighted by molar-refractivity contribution is 8.13. The highest BCUT2D eigenvalue weighted by Gasteiger charge is 2.17. The van der Waals surface area contributed by atoms with Gasteiger partial charge < -0.3 is 20.3 Å². The van der Waals surface area contributed by atoms with Crippen molar-refractivity contribution in [2.75, 3.05) is 0 Å². The lowest BCUT2D eigenvalue weighted by molar-refractivity contribution is 0.153. The first-order valence-electron chi connectivity index (χ1n) is 8.52. The van der Waals surface area contributed by atoms with Crippen LogP contribution in [0.25, 0.3) is 0 Å². The molecule has 0 aromatic heterocycles. The van der Waals surface area contributed by atoms with Crippen LogP contribution in [0.3, 0.4) is 0 Å². The average Bonchev–Trinajstić information content (AvgIpc) is 2.69. The molecule has 3 atom stereocenters. The molecule has 0 radical (unpaired) electrons. The van der Waals surface area contributed by atoms with Gasteiger partial charge in [0, 0.05) is 11.3 Å². The molecule has 3 aromatic rings. The number of hydrogen-bond acceptors (Lipinski definition) is 4. The van der Waals surface area contributed by atoms with Crippen molar-refractivity contribution >= 4 is 23.6 Å². The molecule has 4 nitrogen and oxygen atoms in total. The molecule has 0 heterocycles. The molecule has 0 spiro atoms. The fourth-order valence-electron chi connectivity index (χ4n) is 2.25. The van der Waals surface area contributed by atoms with Crippen LogP contribution in [0.4, 0.5) is 0 Å². The third kappa shape index (κ3) is 6.90. The second-order valence-electron chi connectivity index (χ2n) is 5.97. The van der Waals surface area contributed by atoms with Crippen molar-refractivity contribution in [3.05, 3.63) is 96.6 Å². The van der Waals surface area contributed by atoms with Crippen molar-refractivity contribution in [3.8, 4) is 5.75 Å². The van der Waals surface area contributed by atoms with Gasteiger partial charge in [-0.1, -0.05) is 66.7 Å². The summed E-state index contributed by atoms with van der Waals surface area (Å²) in [6, 6.07) is 27.5. The molecule has 1 unspecified atom stereocenters. The first-order chi connectivity index (χ1) is 12.9. The molecule has 0 saturated carbocycles. The van der Waals surface area contributed by atoms with Gasteiger partial charge in [-0.05, 0) is 48.6 Å². The summed E-state index contributed by atoms with van der Waals surface area (Å²) in [6.45, 7) is -1.14. The Hall–Kier alpha value is -2.01. The van der Waals surface area contributed by atoms with Gasteiger partial charge in [-0.25, -0.2) is 0 Å². The van der Waals surface area contributed by atoms with E-state index in [1.165, 1.54) is 0 Å².